The summed E-state index contributed by atoms with van der Waals surface area (Å²) in [6.45, 7) is 5.58. The molecule has 2 atom stereocenters. The van der Waals surface area contributed by atoms with Crippen LogP contribution in [0.1, 0.15) is 44.6 Å². The number of rotatable bonds is 11. The molecule has 7 nitrogen and oxygen atoms in total. The van der Waals surface area contributed by atoms with Crippen molar-refractivity contribution in [3.63, 3.8) is 0 Å². The fourth-order valence-electron chi connectivity index (χ4n) is 4.19. The van der Waals surface area contributed by atoms with Crippen LogP contribution in [0.5, 0.6) is 0 Å². The van der Waals surface area contributed by atoms with Crippen LogP contribution in [0, 0.1) is 11.2 Å². The van der Waals surface area contributed by atoms with Crippen LogP contribution in [0.4, 0.5) is 8.78 Å². The van der Waals surface area contributed by atoms with Gasteiger partial charge in [-0.25, -0.2) is 18.4 Å². The molecule has 1 aromatic heterocycles. The molecule has 200 valence electrons. The predicted molar refractivity (Wildman–Crippen MR) is 140 cm³/mol. The number of carbonyl (C=O) groups is 1. The summed E-state index contributed by atoms with van der Waals surface area (Å²) in [4.78, 5) is 19.7. The Bertz CT molecular complexity index is 1180. The quantitative estimate of drug-likeness (QED) is 0.373. The van der Waals surface area contributed by atoms with Gasteiger partial charge in [0.15, 0.2) is 11.6 Å². The minimum absolute atomic E-state index is 0.153. The van der Waals surface area contributed by atoms with Crippen LogP contribution >= 0.6 is 11.6 Å². The Hall–Kier alpha value is -2.88. The van der Waals surface area contributed by atoms with Crippen molar-refractivity contribution in [2.45, 2.75) is 45.8 Å². The second-order valence-corrected chi connectivity index (χ2v) is 10.5. The smallest absolute Gasteiger partial charge is 0.249 e. The number of nitrogens with two attached hydrogens (primary N) is 1. The van der Waals surface area contributed by atoms with Gasteiger partial charge in [0.2, 0.25) is 5.91 Å². The van der Waals surface area contributed by atoms with E-state index in [0.717, 1.165) is 5.56 Å². The first kappa shape index (κ1) is 28.7. The molecule has 0 radical (unpaired) electrons. The molecular formula is C27H34ClF2N5O2. The van der Waals surface area contributed by atoms with Crippen molar-refractivity contribution in [3.8, 4) is 11.4 Å². The monoisotopic (exact) mass is 533 g/mol. The molecule has 0 fully saturated rings. The lowest BCUT2D eigenvalue weighted by Gasteiger charge is -2.40. The average molecular weight is 534 g/mol. The summed E-state index contributed by atoms with van der Waals surface area (Å²) in [5.41, 5.74) is 6.43. The molecular weight excluding hydrogens is 500 g/mol. The molecule has 2 N–H and O–H groups in total. The van der Waals surface area contributed by atoms with Gasteiger partial charge < -0.3 is 15.4 Å². The lowest BCUT2D eigenvalue weighted by Crippen LogP contribution is -2.46. The molecule has 3 rings (SSSR count). The second-order valence-electron chi connectivity index (χ2n) is 10.1. The Labute approximate surface area is 221 Å². The fourth-order valence-corrected chi connectivity index (χ4v) is 4.36. The molecule has 3 aromatic rings. The maximum absolute atomic E-state index is 14.8. The van der Waals surface area contributed by atoms with E-state index < -0.39 is 30.0 Å². The highest BCUT2D eigenvalue weighted by Crippen LogP contribution is 2.39. The summed E-state index contributed by atoms with van der Waals surface area (Å²) >= 11 is 6.15. The molecule has 1 amide bonds. The van der Waals surface area contributed by atoms with Crippen LogP contribution in [-0.2, 0) is 16.1 Å². The van der Waals surface area contributed by atoms with Crippen LogP contribution in [0.15, 0.2) is 48.5 Å². The predicted octanol–water partition coefficient (Wildman–Crippen LogP) is 5.04. The Morgan fingerprint density at radius 2 is 1.92 bits per heavy atom. The van der Waals surface area contributed by atoms with E-state index in [1.807, 2.05) is 51.1 Å². The Morgan fingerprint density at radius 3 is 2.54 bits per heavy atom. The molecule has 37 heavy (non-hydrogen) atoms. The van der Waals surface area contributed by atoms with Gasteiger partial charge in [-0.05, 0) is 35.6 Å². The van der Waals surface area contributed by atoms with Crippen molar-refractivity contribution in [1.29, 1.82) is 0 Å². The lowest BCUT2D eigenvalue weighted by atomic mass is 9.84. The van der Waals surface area contributed by atoms with Crippen molar-refractivity contribution < 1.29 is 18.3 Å². The lowest BCUT2D eigenvalue weighted by molar-refractivity contribution is -0.140. The van der Waals surface area contributed by atoms with Crippen molar-refractivity contribution in [1.82, 2.24) is 19.7 Å². The topological polar surface area (TPSA) is 86.3 Å². The van der Waals surface area contributed by atoms with E-state index in [0.29, 0.717) is 17.4 Å². The Morgan fingerprint density at radius 1 is 1.22 bits per heavy atom. The van der Waals surface area contributed by atoms with Crippen molar-refractivity contribution >= 4 is 17.5 Å². The van der Waals surface area contributed by atoms with Gasteiger partial charge in [0.25, 0.3) is 0 Å². The van der Waals surface area contributed by atoms with Crippen LogP contribution < -0.4 is 5.73 Å². The number of hydrogen-bond acceptors (Lipinski definition) is 5. The van der Waals surface area contributed by atoms with Crippen LogP contribution in [0.2, 0.25) is 5.02 Å². The molecule has 0 bridgehead atoms. The SMILES string of the molecule is COCC(=O)N(CCC(N)CF)C(c1nc(-c2cc(Cl)ccc2F)nn1Cc1ccccc1)C(C)(C)C. The van der Waals surface area contributed by atoms with Crippen molar-refractivity contribution in [2.75, 3.05) is 26.9 Å². The summed E-state index contributed by atoms with van der Waals surface area (Å²) in [7, 11) is 1.44. The second kappa shape index (κ2) is 12.6. The molecule has 0 spiro atoms. The third-order valence-electron chi connectivity index (χ3n) is 5.95. The van der Waals surface area contributed by atoms with E-state index in [1.54, 1.807) is 9.58 Å². The third-order valence-corrected chi connectivity index (χ3v) is 6.18. The minimum Gasteiger partial charge on any atom is -0.375 e. The molecule has 0 saturated heterocycles. The van der Waals surface area contributed by atoms with E-state index >= 15 is 0 Å². The van der Waals surface area contributed by atoms with Gasteiger partial charge in [-0.3, -0.25) is 4.79 Å². The number of nitrogens with zero attached hydrogens (tertiary/aromatic N) is 4. The van der Waals surface area contributed by atoms with E-state index in [9.17, 15) is 13.6 Å². The first-order valence-electron chi connectivity index (χ1n) is 12.1. The summed E-state index contributed by atoms with van der Waals surface area (Å²) in [6, 6.07) is 12.5. The first-order chi connectivity index (χ1) is 17.5. The standard InChI is InChI=1S/C27H34ClF2N5O2/c1-27(2,3)24(34(23(36)17-37-4)13-12-20(31)15-29)26-32-25(21-14-19(28)10-11-22(21)30)33-35(26)16-18-8-6-5-7-9-18/h5-11,14,20,24H,12-13,15-17,31H2,1-4H3. The molecule has 2 aromatic carbocycles. The summed E-state index contributed by atoms with van der Waals surface area (Å²) in [6.07, 6.45) is 0.251. The summed E-state index contributed by atoms with van der Waals surface area (Å²) < 4.78 is 34.8. The van der Waals surface area contributed by atoms with E-state index in [4.69, 9.17) is 27.1 Å². The number of carbonyl (C=O) groups excluding carboxylic acids is 1. The molecule has 1 heterocycles. The number of amides is 1. The van der Waals surface area contributed by atoms with Gasteiger partial charge in [-0.15, -0.1) is 0 Å². The van der Waals surface area contributed by atoms with E-state index in [-0.39, 0.29) is 36.9 Å². The third kappa shape index (κ3) is 7.34. The van der Waals surface area contributed by atoms with Gasteiger partial charge in [0, 0.05) is 24.7 Å². The highest BCUT2D eigenvalue weighted by molar-refractivity contribution is 6.30. The number of ether oxygens (including phenoxy) is 1. The number of alkyl halides is 1. The minimum atomic E-state index is -0.711. The number of hydrogen-bond donors (Lipinski definition) is 1. The Kier molecular flexibility index (Phi) is 9.75. The summed E-state index contributed by atoms with van der Waals surface area (Å²) in [5, 5.41) is 5.01. The molecule has 2 unspecified atom stereocenters. The maximum atomic E-state index is 14.8. The van der Waals surface area contributed by atoms with Gasteiger partial charge in [-0.2, -0.15) is 5.10 Å². The average Bonchev–Trinajstić information content (AvgIpc) is 3.25. The molecule has 0 saturated carbocycles. The molecule has 0 aliphatic carbocycles. The zero-order valence-corrected chi connectivity index (χ0v) is 22.4. The van der Waals surface area contributed by atoms with Crippen LogP contribution in [0.25, 0.3) is 11.4 Å². The van der Waals surface area contributed by atoms with Gasteiger partial charge in [0.05, 0.1) is 18.2 Å². The first-order valence-corrected chi connectivity index (χ1v) is 12.5. The highest BCUT2D eigenvalue weighted by Gasteiger charge is 2.39. The van der Waals surface area contributed by atoms with E-state index in [2.05, 4.69) is 5.10 Å². The van der Waals surface area contributed by atoms with Gasteiger partial charge in [-0.1, -0.05) is 62.7 Å². The van der Waals surface area contributed by atoms with Gasteiger partial charge >= 0.3 is 0 Å². The van der Waals surface area contributed by atoms with E-state index in [1.165, 1.54) is 25.3 Å². The molecule has 10 heteroatoms. The zero-order chi connectivity index (χ0) is 27.2. The normalized spacial score (nSPS) is 13.4. The molecule has 0 aliphatic rings. The van der Waals surface area contributed by atoms with Crippen LogP contribution in [-0.4, -0.2) is 58.5 Å². The number of methoxy groups -OCH3 is 1. The fraction of sp³-hybridized carbons (Fsp3) is 0.444. The Balaban J connectivity index is 2.19. The van der Waals surface area contributed by atoms with Gasteiger partial charge in [0.1, 0.15) is 19.1 Å². The van der Waals surface area contributed by atoms with Crippen molar-refractivity contribution in [2.24, 2.45) is 11.1 Å². The van der Waals surface area contributed by atoms with Crippen molar-refractivity contribution in [3.05, 3.63) is 70.8 Å². The highest BCUT2D eigenvalue weighted by atomic mass is 35.5. The molecule has 0 aliphatic heterocycles. The number of halogens is 3. The number of benzene rings is 2. The largest absolute Gasteiger partial charge is 0.375 e. The number of aromatic nitrogens is 3. The maximum Gasteiger partial charge on any atom is 0.249 e. The van der Waals surface area contributed by atoms with Crippen LogP contribution in [0.3, 0.4) is 0 Å². The zero-order valence-electron chi connectivity index (χ0n) is 21.6. The summed E-state index contributed by atoms with van der Waals surface area (Å²) in [5.74, 6) is -0.191.